The minimum Gasteiger partial charge on any atom is -0.354 e. The van der Waals surface area contributed by atoms with E-state index in [1.165, 1.54) is 0 Å². The lowest BCUT2D eigenvalue weighted by Gasteiger charge is -2.29. The molecular formula is C20H32N8O2S. The molecule has 2 aromatic rings. The van der Waals surface area contributed by atoms with E-state index in [-0.39, 0.29) is 10.9 Å². The minimum absolute atomic E-state index is 0.0567. The molecular weight excluding hydrogens is 416 g/mol. The lowest BCUT2D eigenvalue weighted by molar-refractivity contribution is 0.323. The molecule has 0 spiro atoms. The summed E-state index contributed by atoms with van der Waals surface area (Å²) in [6.45, 7) is 7.89. The molecule has 1 fully saturated rings. The van der Waals surface area contributed by atoms with E-state index in [1.54, 1.807) is 25.3 Å². The molecule has 0 aliphatic heterocycles. The molecule has 1 aliphatic rings. The van der Waals surface area contributed by atoms with Crippen LogP contribution in [0, 0.1) is 12.8 Å². The molecule has 0 saturated heterocycles. The summed E-state index contributed by atoms with van der Waals surface area (Å²) in [6, 6.07) is 3.19. The van der Waals surface area contributed by atoms with Gasteiger partial charge in [0.2, 0.25) is 27.9 Å². The molecule has 10 nitrogen and oxygen atoms in total. The van der Waals surface area contributed by atoms with Crippen molar-refractivity contribution in [2.75, 3.05) is 35.6 Å². The van der Waals surface area contributed by atoms with E-state index in [0.717, 1.165) is 45.3 Å². The highest BCUT2D eigenvalue weighted by atomic mass is 32.2. The fraction of sp³-hybridized carbons (Fsp3) is 0.600. The lowest BCUT2D eigenvalue weighted by Crippen LogP contribution is -2.38. The van der Waals surface area contributed by atoms with Gasteiger partial charge in [-0.2, -0.15) is 15.0 Å². The summed E-state index contributed by atoms with van der Waals surface area (Å²) in [4.78, 5) is 17.5. The van der Waals surface area contributed by atoms with Crippen molar-refractivity contribution < 1.29 is 8.42 Å². The zero-order valence-corrected chi connectivity index (χ0v) is 19.2. The number of aryl methyl sites for hydroxylation is 1. The monoisotopic (exact) mass is 448 g/mol. The van der Waals surface area contributed by atoms with Crippen molar-refractivity contribution in [3.8, 4) is 0 Å². The van der Waals surface area contributed by atoms with Crippen LogP contribution in [-0.2, 0) is 10.0 Å². The zero-order chi connectivity index (χ0) is 22.3. The summed E-state index contributed by atoms with van der Waals surface area (Å²) in [6.07, 6.45) is 5.05. The second kappa shape index (κ2) is 10.7. The summed E-state index contributed by atoms with van der Waals surface area (Å²) in [7, 11) is -3.55. The van der Waals surface area contributed by atoms with Crippen LogP contribution >= 0.6 is 0 Å². The van der Waals surface area contributed by atoms with E-state index in [2.05, 4.69) is 40.6 Å². The average molecular weight is 449 g/mol. The third-order valence-electron chi connectivity index (χ3n) is 5.27. The Morgan fingerprint density at radius 3 is 2.06 bits per heavy atom. The number of rotatable bonds is 10. The van der Waals surface area contributed by atoms with Gasteiger partial charge in [-0.1, -0.05) is 0 Å². The fourth-order valence-electron chi connectivity index (χ4n) is 3.69. The van der Waals surface area contributed by atoms with Gasteiger partial charge in [0.1, 0.15) is 4.90 Å². The number of anilines is 3. The summed E-state index contributed by atoms with van der Waals surface area (Å²) < 4.78 is 28.2. The predicted octanol–water partition coefficient (Wildman–Crippen LogP) is 2.39. The topological polar surface area (TPSA) is 134 Å². The quantitative estimate of drug-likeness (QED) is 0.432. The molecule has 1 saturated carbocycles. The Morgan fingerprint density at radius 1 is 0.935 bits per heavy atom. The van der Waals surface area contributed by atoms with Crippen molar-refractivity contribution in [1.29, 1.82) is 0 Å². The second-order valence-electron chi connectivity index (χ2n) is 7.67. The normalized spacial score (nSPS) is 19.1. The average Bonchev–Trinajstić information content (AvgIpc) is 2.74. The van der Waals surface area contributed by atoms with Crippen LogP contribution < -0.4 is 20.7 Å². The van der Waals surface area contributed by atoms with Gasteiger partial charge < -0.3 is 16.0 Å². The standard InChI is InChI=1S/C20H32N8O2S/c1-4-21-18-25-19(22-5-2)27-20(26-18)24-13-15-8-10-16(11-9-15)28-31(29,30)17-7-6-12-23-14(17)3/h6-7,12,15-16,28H,4-5,8-11,13H2,1-3H3,(H3,21,22,24,25,26,27). The number of hydrogen-bond donors (Lipinski definition) is 4. The van der Waals surface area contributed by atoms with Crippen LogP contribution in [0.25, 0.3) is 0 Å². The summed E-state index contributed by atoms with van der Waals surface area (Å²) in [5.74, 6) is 2.05. The first-order valence-electron chi connectivity index (χ1n) is 10.8. The lowest BCUT2D eigenvalue weighted by atomic mass is 9.86. The number of aromatic nitrogens is 4. The molecule has 0 amide bonds. The molecule has 1 aliphatic carbocycles. The molecule has 0 atom stereocenters. The minimum atomic E-state index is -3.55. The SMILES string of the molecule is CCNc1nc(NCC)nc(NCC2CCC(NS(=O)(=O)c3cccnc3C)CC2)n1. The van der Waals surface area contributed by atoms with Crippen LogP contribution in [0.3, 0.4) is 0 Å². The van der Waals surface area contributed by atoms with E-state index >= 15 is 0 Å². The van der Waals surface area contributed by atoms with Gasteiger partial charge in [-0.3, -0.25) is 4.98 Å². The van der Waals surface area contributed by atoms with Crippen LogP contribution in [0.5, 0.6) is 0 Å². The van der Waals surface area contributed by atoms with Gasteiger partial charge in [0.25, 0.3) is 0 Å². The highest BCUT2D eigenvalue weighted by molar-refractivity contribution is 7.89. The molecule has 3 rings (SSSR count). The molecule has 0 bridgehead atoms. The van der Waals surface area contributed by atoms with Crippen LogP contribution in [-0.4, -0.2) is 54.0 Å². The Kier molecular flexibility index (Phi) is 7.97. The maximum atomic E-state index is 12.7. The number of nitrogens with one attached hydrogen (secondary N) is 4. The van der Waals surface area contributed by atoms with E-state index < -0.39 is 10.0 Å². The Labute approximate surface area is 184 Å². The highest BCUT2D eigenvalue weighted by Gasteiger charge is 2.26. The zero-order valence-electron chi connectivity index (χ0n) is 18.4. The first kappa shape index (κ1) is 23.1. The Hall–Kier alpha value is -2.53. The Bertz CT molecular complexity index is 937. The molecule has 170 valence electrons. The van der Waals surface area contributed by atoms with Crippen LogP contribution in [0.2, 0.25) is 0 Å². The van der Waals surface area contributed by atoms with Gasteiger partial charge in [0, 0.05) is 31.9 Å². The van der Waals surface area contributed by atoms with Crippen molar-refractivity contribution in [3.05, 3.63) is 24.0 Å². The molecule has 4 N–H and O–H groups in total. The first-order valence-corrected chi connectivity index (χ1v) is 12.3. The highest BCUT2D eigenvalue weighted by Crippen LogP contribution is 2.26. The van der Waals surface area contributed by atoms with E-state index in [4.69, 9.17) is 0 Å². The van der Waals surface area contributed by atoms with Crippen LogP contribution in [0.1, 0.15) is 45.2 Å². The largest absolute Gasteiger partial charge is 0.354 e. The van der Waals surface area contributed by atoms with Crippen molar-refractivity contribution in [1.82, 2.24) is 24.7 Å². The maximum absolute atomic E-state index is 12.7. The maximum Gasteiger partial charge on any atom is 0.242 e. The summed E-state index contributed by atoms with van der Waals surface area (Å²) in [5, 5.41) is 9.55. The Balaban J connectivity index is 1.52. The smallest absolute Gasteiger partial charge is 0.242 e. The van der Waals surface area contributed by atoms with Crippen molar-refractivity contribution >= 4 is 27.9 Å². The molecule has 2 heterocycles. The number of sulfonamides is 1. The van der Waals surface area contributed by atoms with Gasteiger partial charge in [-0.25, -0.2) is 13.1 Å². The number of nitrogens with zero attached hydrogens (tertiary/aromatic N) is 4. The molecule has 0 radical (unpaired) electrons. The predicted molar refractivity (Wildman–Crippen MR) is 122 cm³/mol. The van der Waals surface area contributed by atoms with Crippen LogP contribution in [0.4, 0.5) is 17.8 Å². The van der Waals surface area contributed by atoms with Crippen molar-refractivity contribution in [2.24, 2.45) is 5.92 Å². The number of pyridine rings is 1. The molecule has 0 aromatic carbocycles. The second-order valence-corrected chi connectivity index (χ2v) is 9.36. The van der Waals surface area contributed by atoms with Crippen LogP contribution in [0.15, 0.2) is 23.2 Å². The third-order valence-corrected chi connectivity index (χ3v) is 6.92. The van der Waals surface area contributed by atoms with E-state index in [9.17, 15) is 8.42 Å². The summed E-state index contributed by atoms with van der Waals surface area (Å²) >= 11 is 0. The van der Waals surface area contributed by atoms with Crippen molar-refractivity contribution in [2.45, 2.75) is 57.4 Å². The van der Waals surface area contributed by atoms with Gasteiger partial charge in [-0.15, -0.1) is 0 Å². The van der Waals surface area contributed by atoms with E-state index in [0.29, 0.717) is 29.5 Å². The number of hydrogen-bond acceptors (Lipinski definition) is 9. The first-order chi connectivity index (χ1) is 14.9. The summed E-state index contributed by atoms with van der Waals surface area (Å²) in [5.41, 5.74) is 0.513. The fourth-order valence-corrected chi connectivity index (χ4v) is 5.19. The third kappa shape index (κ3) is 6.47. The van der Waals surface area contributed by atoms with Gasteiger partial charge in [-0.05, 0) is 64.5 Å². The molecule has 2 aromatic heterocycles. The Morgan fingerprint density at radius 2 is 1.52 bits per heavy atom. The molecule has 0 unspecified atom stereocenters. The van der Waals surface area contributed by atoms with Crippen molar-refractivity contribution in [3.63, 3.8) is 0 Å². The molecule has 31 heavy (non-hydrogen) atoms. The van der Waals surface area contributed by atoms with Gasteiger partial charge in [0.15, 0.2) is 0 Å². The van der Waals surface area contributed by atoms with Gasteiger partial charge >= 0.3 is 0 Å². The van der Waals surface area contributed by atoms with E-state index in [1.807, 2.05) is 13.8 Å². The molecule has 11 heteroatoms. The van der Waals surface area contributed by atoms with Gasteiger partial charge in [0.05, 0.1) is 5.69 Å².